The van der Waals surface area contributed by atoms with Crippen LogP contribution in [0.15, 0.2) is 59.0 Å². The van der Waals surface area contributed by atoms with Crippen molar-refractivity contribution in [1.29, 1.82) is 0 Å². The molecule has 3 aromatic rings. The van der Waals surface area contributed by atoms with Crippen LogP contribution in [0.5, 0.6) is 0 Å². The van der Waals surface area contributed by atoms with Gasteiger partial charge in [0.25, 0.3) is 5.89 Å². The lowest BCUT2D eigenvalue weighted by molar-refractivity contribution is -0.149. The molecule has 2 aromatic carbocycles. The molecule has 0 N–H and O–H groups in total. The normalized spacial score (nSPS) is 11.9. The minimum atomic E-state index is -0.574. The third-order valence-corrected chi connectivity index (χ3v) is 3.86. The molecule has 1 atom stereocenters. The van der Waals surface area contributed by atoms with Crippen molar-refractivity contribution in [3.8, 4) is 11.5 Å². The molecule has 128 valence electrons. The second-order valence-corrected chi connectivity index (χ2v) is 5.93. The van der Waals surface area contributed by atoms with Crippen LogP contribution in [0.25, 0.3) is 11.5 Å². The van der Waals surface area contributed by atoms with Crippen LogP contribution in [0.2, 0.25) is 0 Å². The first kappa shape index (κ1) is 16.9. The molecule has 0 fully saturated rings. The molecule has 3 rings (SSSR count). The number of ether oxygens (including phenoxy) is 1. The number of nitrogens with zero attached hydrogens (tertiary/aromatic N) is 2. The predicted octanol–water partition coefficient (Wildman–Crippen LogP) is 4.28. The van der Waals surface area contributed by atoms with Gasteiger partial charge in [-0.2, -0.15) is 0 Å². The lowest BCUT2D eigenvalue weighted by Gasteiger charge is -2.09. The van der Waals surface area contributed by atoms with Crippen LogP contribution in [-0.2, 0) is 16.0 Å². The van der Waals surface area contributed by atoms with Gasteiger partial charge in [0.2, 0.25) is 5.89 Å². The highest BCUT2D eigenvalue weighted by Crippen LogP contribution is 2.23. The van der Waals surface area contributed by atoms with E-state index >= 15 is 0 Å². The Bertz CT molecular complexity index is 826. The number of carbonyl (C=O) groups is 1. The third-order valence-electron chi connectivity index (χ3n) is 3.86. The van der Waals surface area contributed by atoms with Crippen LogP contribution in [0.4, 0.5) is 0 Å². The Morgan fingerprint density at radius 3 is 2.52 bits per heavy atom. The van der Waals surface area contributed by atoms with E-state index in [1.54, 1.807) is 6.92 Å². The van der Waals surface area contributed by atoms with Gasteiger partial charge in [0.15, 0.2) is 6.10 Å². The van der Waals surface area contributed by atoms with Crippen LogP contribution in [0.1, 0.15) is 36.5 Å². The first-order valence-electron chi connectivity index (χ1n) is 8.25. The summed E-state index contributed by atoms with van der Waals surface area (Å²) >= 11 is 0. The molecule has 0 aliphatic heterocycles. The van der Waals surface area contributed by atoms with E-state index in [2.05, 4.69) is 10.2 Å². The number of rotatable bonds is 6. The van der Waals surface area contributed by atoms with E-state index in [9.17, 15) is 4.79 Å². The first-order chi connectivity index (χ1) is 12.1. The monoisotopic (exact) mass is 336 g/mol. The van der Waals surface area contributed by atoms with Gasteiger partial charge in [-0.15, -0.1) is 10.2 Å². The van der Waals surface area contributed by atoms with Crippen LogP contribution >= 0.6 is 0 Å². The van der Waals surface area contributed by atoms with Crippen LogP contribution in [0.3, 0.4) is 0 Å². The number of aromatic nitrogens is 2. The summed E-state index contributed by atoms with van der Waals surface area (Å²) in [6, 6.07) is 17.6. The highest BCUT2D eigenvalue weighted by molar-refractivity contribution is 5.70. The molecule has 0 bridgehead atoms. The molecule has 0 spiro atoms. The second kappa shape index (κ2) is 7.75. The topological polar surface area (TPSA) is 65.2 Å². The van der Waals surface area contributed by atoms with Crippen LogP contribution < -0.4 is 0 Å². The van der Waals surface area contributed by atoms with Crippen molar-refractivity contribution in [3.63, 3.8) is 0 Å². The van der Waals surface area contributed by atoms with Crippen molar-refractivity contribution in [2.75, 3.05) is 0 Å². The number of hydrogen-bond acceptors (Lipinski definition) is 5. The maximum absolute atomic E-state index is 12.0. The molecule has 1 unspecified atom stereocenters. The zero-order valence-electron chi connectivity index (χ0n) is 14.3. The molecule has 0 aliphatic carbocycles. The fraction of sp³-hybridized carbons (Fsp3) is 0.250. The Morgan fingerprint density at radius 2 is 1.80 bits per heavy atom. The summed E-state index contributed by atoms with van der Waals surface area (Å²) in [6.45, 7) is 3.74. The number of esters is 1. The fourth-order valence-corrected chi connectivity index (χ4v) is 2.41. The molecule has 0 saturated carbocycles. The zero-order valence-corrected chi connectivity index (χ0v) is 14.3. The maximum atomic E-state index is 12.0. The smallest absolute Gasteiger partial charge is 0.306 e. The fourth-order valence-electron chi connectivity index (χ4n) is 2.41. The first-order valence-corrected chi connectivity index (χ1v) is 8.25. The summed E-state index contributed by atoms with van der Waals surface area (Å²) in [6.07, 6.45) is 0.382. The minimum Gasteiger partial charge on any atom is -0.453 e. The Balaban J connectivity index is 1.57. The Hall–Kier alpha value is -2.95. The van der Waals surface area contributed by atoms with Gasteiger partial charge in [-0.25, -0.2) is 0 Å². The Morgan fingerprint density at radius 1 is 1.08 bits per heavy atom. The Kier molecular flexibility index (Phi) is 5.23. The van der Waals surface area contributed by atoms with Gasteiger partial charge in [0, 0.05) is 12.0 Å². The molecule has 5 nitrogen and oxygen atoms in total. The molecular weight excluding hydrogens is 316 g/mol. The quantitative estimate of drug-likeness (QED) is 0.629. The molecule has 0 saturated heterocycles. The van der Waals surface area contributed by atoms with Crippen molar-refractivity contribution in [3.05, 3.63) is 71.6 Å². The lowest BCUT2D eigenvalue weighted by atomic mass is 10.1. The van der Waals surface area contributed by atoms with Crippen LogP contribution in [-0.4, -0.2) is 16.2 Å². The van der Waals surface area contributed by atoms with Crippen molar-refractivity contribution in [1.82, 2.24) is 10.2 Å². The van der Waals surface area contributed by atoms with Gasteiger partial charge in [-0.05, 0) is 38.0 Å². The second-order valence-electron chi connectivity index (χ2n) is 5.93. The van der Waals surface area contributed by atoms with Crippen molar-refractivity contribution >= 4 is 5.97 Å². The van der Waals surface area contributed by atoms with Gasteiger partial charge in [-0.3, -0.25) is 4.79 Å². The summed E-state index contributed by atoms with van der Waals surface area (Å²) in [7, 11) is 0. The van der Waals surface area contributed by atoms with Gasteiger partial charge in [0.1, 0.15) is 0 Å². The molecule has 25 heavy (non-hydrogen) atoms. The summed E-state index contributed by atoms with van der Waals surface area (Å²) in [5.74, 6) is 0.428. The minimum absolute atomic E-state index is 0.286. The van der Waals surface area contributed by atoms with E-state index in [1.807, 2.05) is 61.5 Å². The average molecular weight is 336 g/mol. The zero-order chi connectivity index (χ0) is 17.6. The largest absolute Gasteiger partial charge is 0.453 e. The number of aryl methyl sites for hydroxylation is 2. The Labute approximate surface area is 146 Å². The van der Waals surface area contributed by atoms with Crippen molar-refractivity contribution < 1.29 is 13.9 Å². The molecule has 0 aliphatic rings. The van der Waals surface area contributed by atoms with Crippen molar-refractivity contribution in [2.45, 2.75) is 32.8 Å². The van der Waals surface area contributed by atoms with E-state index in [0.717, 1.165) is 16.7 Å². The molecule has 1 heterocycles. The lowest BCUT2D eigenvalue weighted by Crippen LogP contribution is -2.10. The molecule has 1 aromatic heterocycles. The molecule has 0 amide bonds. The molecule has 0 radical (unpaired) electrons. The van der Waals surface area contributed by atoms with E-state index in [4.69, 9.17) is 9.15 Å². The standard InChI is InChI=1S/C20H20N2O3/c1-14-8-11-17(12-9-14)20-22-21-19(25-20)15(2)24-18(23)13-10-16-6-4-3-5-7-16/h3-9,11-12,15H,10,13H2,1-2H3. The summed E-state index contributed by atoms with van der Waals surface area (Å²) < 4.78 is 11.0. The number of hydrogen-bond donors (Lipinski definition) is 0. The van der Waals surface area contributed by atoms with E-state index in [1.165, 1.54) is 0 Å². The van der Waals surface area contributed by atoms with E-state index < -0.39 is 6.10 Å². The van der Waals surface area contributed by atoms with Crippen LogP contribution in [0, 0.1) is 6.92 Å². The average Bonchev–Trinajstić information content (AvgIpc) is 3.12. The third kappa shape index (κ3) is 4.53. The van der Waals surface area contributed by atoms with Gasteiger partial charge in [-0.1, -0.05) is 48.0 Å². The molecular formula is C20H20N2O3. The summed E-state index contributed by atoms with van der Waals surface area (Å²) in [4.78, 5) is 12.0. The summed E-state index contributed by atoms with van der Waals surface area (Å²) in [5.41, 5.74) is 3.10. The van der Waals surface area contributed by atoms with Gasteiger partial charge < -0.3 is 9.15 Å². The van der Waals surface area contributed by atoms with E-state index in [-0.39, 0.29) is 5.97 Å². The number of carbonyl (C=O) groups excluding carboxylic acids is 1. The highest BCUT2D eigenvalue weighted by Gasteiger charge is 2.19. The van der Waals surface area contributed by atoms with Gasteiger partial charge >= 0.3 is 5.97 Å². The van der Waals surface area contributed by atoms with Gasteiger partial charge in [0.05, 0.1) is 0 Å². The summed E-state index contributed by atoms with van der Waals surface area (Å²) in [5, 5.41) is 8.02. The molecule has 5 heteroatoms. The predicted molar refractivity (Wildman–Crippen MR) is 93.7 cm³/mol. The number of benzene rings is 2. The maximum Gasteiger partial charge on any atom is 0.306 e. The van der Waals surface area contributed by atoms with E-state index in [0.29, 0.717) is 24.6 Å². The highest BCUT2D eigenvalue weighted by atomic mass is 16.6. The van der Waals surface area contributed by atoms with Crippen molar-refractivity contribution in [2.24, 2.45) is 0 Å². The SMILES string of the molecule is Cc1ccc(-c2nnc(C(C)OC(=O)CCc3ccccc3)o2)cc1.